The Morgan fingerprint density at radius 1 is 1.03 bits per heavy atom. The van der Waals surface area contributed by atoms with Gasteiger partial charge in [-0.05, 0) is 57.1 Å². The average Bonchev–Trinajstić information content (AvgIpc) is 3.27. The van der Waals surface area contributed by atoms with Crippen LogP contribution in [0.25, 0.3) is 0 Å². The molecule has 0 fully saturated rings. The van der Waals surface area contributed by atoms with Gasteiger partial charge in [0.25, 0.3) is 0 Å². The number of amides is 1. The zero-order chi connectivity index (χ0) is 23.9. The summed E-state index contributed by atoms with van der Waals surface area (Å²) in [6, 6.07) is 7.01. The van der Waals surface area contributed by atoms with E-state index in [9.17, 15) is 19.2 Å². The molecule has 172 valence electrons. The van der Waals surface area contributed by atoms with Crippen molar-refractivity contribution >= 4 is 40.8 Å². The fraction of sp³-hybridized carbons (Fsp3) is 0.318. The molecule has 2 heterocycles. The summed E-state index contributed by atoms with van der Waals surface area (Å²) in [4.78, 5) is 50.6. The van der Waals surface area contributed by atoms with Crippen LogP contribution in [0.2, 0.25) is 0 Å². The smallest absolute Gasteiger partial charge is 0.328 e. The Hall–Kier alpha value is -3.37. The Balaban J connectivity index is 0.000000547. The van der Waals surface area contributed by atoms with Crippen LogP contribution in [0, 0.1) is 0 Å². The molecule has 2 rings (SSSR count). The molecule has 0 atom stereocenters. The van der Waals surface area contributed by atoms with Crippen LogP contribution in [0.4, 0.5) is 5.82 Å². The summed E-state index contributed by atoms with van der Waals surface area (Å²) >= 11 is 1.38. The van der Waals surface area contributed by atoms with Crippen LogP contribution in [-0.4, -0.2) is 64.4 Å². The molecule has 0 saturated heterocycles. The van der Waals surface area contributed by atoms with Gasteiger partial charge in [-0.2, -0.15) is 0 Å². The summed E-state index contributed by atoms with van der Waals surface area (Å²) in [6.45, 7) is 1.03. The van der Waals surface area contributed by atoms with Crippen molar-refractivity contribution in [2.24, 2.45) is 0 Å². The molecule has 3 N–H and O–H groups in total. The normalized spacial score (nSPS) is 10.5. The Morgan fingerprint density at radius 2 is 1.72 bits per heavy atom. The average molecular weight is 462 g/mol. The SMILES string of the molecule is CN(C)CCCCCC(=O)Nc1ncccc1C(=O)c1cccs1.O=C(O)/C=C\C(=O)O. The number of hydrogen-bond donors (Lipinski definition) is 3. The largest absolute Gasteiger partial charge is 0.478 e. The van der Waals surface area contributed by atoms with E-state index in [2.05, 4.69) is 15.2 Å². The molecule has 0 aliphatic heterocycles. The summed E-state index contributed by atoms with van der Waals surface area (Å²) in [5, 5.41) is 20.3. The van der Waals surface area contributed by atoms with E-state index in [4.69, 9.17) is 10.2 Å². The minimum Gasteiger partial charge on any atom is -0.478 e. The maximum absolute atomic E-state index is 12.5. The molecule has 0 saturated carbocycles. The molecule has 0 aliphatic rings. The van der Waals surface area contributed by atoms with Gasteiger partial charge in [0.1, 0.15) is 5.82 Å². The monoisotopic (exact) mass is 461 g/mol. The number of carboxylic acids is 2. The fourth-order valence-corrected chi connectivity index (χ4v) is 3.13. The molecule has 0 aliphatic carbocycles. The van der Waals surface area contributed by atoms with Crippen molar-refractivity contribution in [2.45, 2.75) is 25.7 Å². The van der Waals surface area contributed by atoms with E-state index >= 15 is 0 Å². The Bertz CT molecular complexity index is 910. The van der Waals surface area contributed by atoms with Gasteiger partial charge in [-0.3, -0.25) is 9.59 Å². The topological polar surface area (TPSA) is 137 Å². The van der Waals surface area contributed by atoms with Gasteiger partial charge in [-0.1, -0.05) is 12.5 Å². The van der Waals surface area contributed by atoms with E-state index in [1.807, 2.05) is 25.5 Å². The van der Waals surface area contributed by atoms with Crippen molar-refractivity contribution in [3.05, 3.63) is 58.4 Å². The number of ketones is 1. The minimum absolute atomic E-state index is 0.0983. The molecule has 2 aromatic heterocycles. The van der Waals surface area contributed by atoms with Gasteiger partial charge in [0.2, 0.25) is 11.7 Å². The van der Waals surface area contributed by atoms with Crippen LogP contribution in [-0.2, 0) is 14.4 Å². The quantitative estimate of drug-likeness (QED) is 0.264. The van der Waals surface area contributed by atoms with Crippen LogP contribution in [0.3, 0.4) is 0 Å². The van der Waals surface area contributed by atoms with Gasteiger partial charge >= 0.3 is 11.9 Å². The first-order chi connectivity index (χ1) is 15.2. The van der Waals surface area contributed by atoms with Gasteiger partial charge in [-0.15, -0.1) is 11.3 Å². The third kappa shape index (κ3) is 11.1. The molecular weight excluding hydrogens is 434 g/mol. The standard InChI is InChI=1S/C18H23N3O2S.C4H4O4/c1-21(2)12-5-3-4-10-16(22)20-18-14(8-6-11-19-18)17(23)15-9-7-13-24-15;5-3(6)1-2-4(7)8/h6-9,11,13H,3-5,10,12H2,1-2H3,(H,19,20,22);1-2H,(H,5,6)(H,7,8)/b;2-1-. The van der Waals surface area contributed by atoms with Crippen molar-refractivity contribution in [3.63, 3.8) is 0 Å². The molecule has 0 radical (unpaired) electrons. The number of nitrogens with one attached hydrogen (secondary N) is 1. The number of pyridine rings is 1. The maximum atomic E-state index is 12.5. The van der Waals surface area contributed by atoms with Crippen LogP contribution < -0.4 is 5.32 Å². The second-order valence-electron chi connectivity index (χ2n) is 6.88. The number of aliphatic carboxylic acids is 2. The van der Waals surface area contributed by atoms with Crippen LogP contribution in [0.15, 0.2) is 48.0 Å². The molecule has 0 bridgehead atoms. The number of rotatable bonds is 11. The number of carboxylic acid groups (broad SMARTS) is 2. The Morgan fingerprint density at radius 3 is 2.28 bits per heavy atom. The van der Waals surface area contributed by atoms with E-state index in [1.165, 1.54) is 11.3 Å². The number of carbonyl (C=O) groups excluding carboxylic acids is 2. The van der Waals surface area contributed by atoms with Crippen molar-refractivity contribution in [2.75, 3.05) is 26.0 Å². The van der Waals surface area contributed by atoms with Crippen molar-refractivity contribution in [1.82, 2.24) is 9.88 Å². The zero-order valence-corrected chi connectivity index (χ0v) is 18.8. The molecule has 2 aromatic rings. The summed E-state index contributed by atoms with van der Waals surface area (Å²) < 4.78 is 0. The number of hydrogen-bond acceptors (Lipinski definition) is 7. The molecule has 10 heteroatoms. The van der Waals surface area contributed by atoms with Gasteiger partial charge in [0.05, 0.1) is 10.4 Å². The number of unbranched alkanes of at least 4 members (excludes halogenated alkanes) is 2. The van der Waals surface area contributed by atoms with E-state index < -0.39 is 11.9 Å². The summed E-state index contributed by atoms with van der Waals surface area (Å²) in [6.07, 6.45) is 6.06. The minimum atomic E-state index is -1.26. The lowest BCUT2D eigenvalue weighted by molar-refractivity contribution is -0.134. The van der Waals surface area contributed by atoms with Crippen LogP contribution >= 0.6 is 11.3 Å². The van der Waals surface area contributed by atoms with Crippen molar-refractivity contribution in [1.29, 1.82) is 0 Å². The zero-order valence-electron chi connectivity index (χ0n) is 18.0. The second kappa shape index (κ2) is 14.6. The maximum Gasteiger partial charge on any atom is 0.328 e. The Kier molecular flexibility index (Phi) is 12.2. The van der Waals surface area contributed by atoms with Gasteiger partial charge in [0.15, 0.2) is 0 Å². The van der Waals surface area contributed by atoms with Crippen molar-refractivity contribution < 1.29 is 29.4 Å². The predicted octanol–water partition coefficient (Wildman–Crippen LogP) is 3.15. The number of aromatic nitrogens is 1. The fourth-order valence-electron chi connectivity index (χ4n) is 2.46. The Labute approximate surface area is 190 Å². The van der Waals surface area contributed by atoms with Gasteiger partial charge in [0, 0.05) is 24.8 Å². The molecule has 1 amide bonds. The van der Waals surface area contributed by atoms with Gasteiger partial charge in [-0.25, -0.2) is 14.6 Å². The third-order valence-corrected chi connectivity index (χ3v) is 4.80. The number of thiophene rings is 1. The first kappa shape index (κ1) is 26.7. The van der Waals surface area contributed by atoms with E-state index in [1.54, 1.807) is 24.4 Å². The van der Waals surface area contributed by atoms with E-state index in [0.717, 1.165) is 25.8 Å². The molecule has 9 nitrogen and oxygen atoms in total. The highest BCUT2D eigenvalue weighted by Gasteiger charge is 2.16. The molecule has 0 aromatic carbocycles. The summed E-state index contributed by atoms with van der Waals surface area (Å²) in [7, 11) is 4.08. The lowest BCUT2D eigenvalue weighted by Gasteiger charge is -2.10. The van der Waals surface area contributed by atoms with Crippen molar-refractivity contribution in [3.8, 4) is 0 Å². The first-order valence-electron chi connectivity index (χ1n) is 9.82. The highest BCUT2D eigenvalue weighted by atomic mass is 32.1. The molecule has 0 spiro atoms. The third-order valence-electron chi connectivity index (χ3n) is 3.93. The first-order valence-corrected chi connectivity index (χ1v) is 10.7. The summed E-state index contributed by atoms with van der Waals surface area (Å²) in [5.74, 6) is -2.38. The number of anilines is 1. The number of carbonyl (C=O) groups is 4. The highest BCUT2D eigenvalue weighted by Crippen LogP contribution is 2.20. The van der Waals surface area contributed by atoms with E-state index in [-0.39, 0.29) is 11.7 Å². The lowest BCUT2D eigenvalue weighted by Crippen LogP contribution is -2.16. The molecular formula is C22H27N3O6S. The predicted molar refractivity (Wildman–Crippen MR) is 122 cm³/mol. The lowest BCUT2D eigenvalue weighted by atomic mass is 10.1. The summed E-state index contributed by atoms with van der Waals surface area (Å²) in [5.41, 5.74) is 0.431. The van der Waals surface area contributed by atoms with Gasteiger partial charge < -0.3 is 20.4 Å². The van der Waals surface area contributed by atoms with Crippen LogP contribution in [0.5, 0.6) is 0 Å². The molecule has 32 heavy (non-hydrogen) atoms. The van der Waals surface area contributed by atoms with Crippen LogP contribution in [0.1, 0.15) is 40.9 Å². The number of nitrogens with zero attached hydrogens (tertiary/aromatic N) is 2. The highest BCUT2D eigenvalue weighted by molar-refractivity contribution is 7.12. The van der Waals surface area contributed by atoms with E-state index in [0.29, 0.717) is 34.8 Å². The molecule has 0 unspecified atom stereocenters. The second-order valence-corrected chi connectivity index (χ2v) is 7.83.